The van der Waals surface area contributed by atoms with Gasteiger partial charge in [0.15, 0.2) is 0 Å². The highest BCUT2D eigenvalue weighted by atomic mass is 16.5. The van der Waals surface area contributed by atoms with Crippen LogP contribution >= 0.6 is 0 Å². The summed E-state index contributed by atoms with van der Waals surface area (Å²) in [6.07, 6.45) is 3.08. The number of carbonyl (C=O) groups is 1. The SMILES string of the molecule is COc1cccc(C23CCN(C)CC2(O)CCC(N(C)C(=O)c2ccccc2)C3)c1. The van der Waals surface area contributed by atoms with Gasteiger partial charge in [0.25, 0.3) is 5.91 Å². The zero-order valence-corrected chi connectivity index (χ0v) is 18.2. The van der Waals surface area contributed by atoms with Crippen molar-refractivity contribution in [3.05, 3.63) is 65.7 Å². The average molecular weight is 409 g/mol. The van der Waals surface area contributed by atoms with Gasteiger partial charge in [-0.1, -0.05) is 30.3 Å². The number of hydrogen-bond acceptors (Lipinski definition) is 4. The molecule has 2 aliphatic rings. The molecule has 3 unspecified atom stereocenters. The molecule has 2 aromatic rings. The fraction of sp³-hybridized carbons (Fsp3) is 0.480. The first kappa shape index (κ1) is 20.9. The maximum absolute atomic E-state index is 13.1. The number of hydrogen-bond donors (Lipinski definition) is 1. The van der Waals surface area contributed by atoms with Crippen molar-refractivity contribution >= 4 is 5.91 Å². The lowest BCUT2D eigenvalue weighted by atomic mass is 9.55. The normalized spacial score (nSPS) is 29.1. The van der Waals surface area contributed by atoms with Gasteiger partial charge in [0.2, 0.25) is 0 Å². The van der Waals surface area contributed by atoms with Crippen molar-refractivity contribution < 1.29 is 14.6 Å². The van der Waals surface area contributed by atoms with Crippen LogP contribution in [0.4, 0.5) is 0 Å². The van der Waals surface area contributed by atoms with Crippen LogP contribution in [-0.4, -0.2) is 66.8 Å². The van der Waals surface area contributed by atoms with Crippen molar-refractivity contribution in [2.24, 2.45) is 0 Å². The first-order chi connectivity index (χ1) is 14.4. The summed E-state index contributed by atoms with van der Waals surface area (Å²) >= 11 is 0. The number of carbonyl (C=O) groups excluding carboxylic acids is 1. The number of benzene rings is 2. The highest BCUT2D eigenvalue weighted by Crippen LogP contribution is 2.52. The fourth-order valence-corrected chi connectivity index (χ4v) is 5.54. The molecule has 4 rings (SSSR count). The molecule has 30 heavy (non-hydrogen) atoms. The number of piperidine rings is 1. The second kappa shape index (κ2) is 8.05. The summed E-state index contributed by atoms with van der Waals surface area (Å²) < 4.78 is 5.49. The topological polar surface area (TPSA) is 53.0 Å². The number of nitrogens with zero attached hydrogens (tertiary/aromatic N) is 2. The second-order valence-corrected chi connectivity index (χ2v) is 9.01. The van der Waals surface area contributed by atoms with E-state index in [-0.39, 0.29) is 11.9 Å². The van der Waals surface area contributed by atoms with E-state index in [2.05, 4.69) is 24.1 Å². The van der Waals surface area contributed by atoms with Crippen molar-refractivity contribution in [1.29, 1.82) is 0 Å². The van der Waals surface area contributed by atoms with Gasteiger partial charge < -0.3 is 19.6 Å². The lowest BCUT2D eigenvalue weighted by Gasteiger charge is -2.58. The summed E-state index contributed by atoms with van der Waals surface area (Å²) in [7, 11) is 5.65. The van der Waals surface area contributed by atoms with Crippen LogP contribution in [0.15, 0.2) is 54.6 Å². The van der Waals surface area contributed by atoms with Gasteiger partial charge in [0.05, 0.1) is 12.7 Å². The Labute approximate surface area is 179 Å². The van der Waals surface area contributed by atoms with Gasteiger partial charge in [-0.25, -0.2) is 0 Å². The zero-order valence-electron chi connectivity index (χ0n) is 18.2. The average Bonchev–Trinajstić information content (AvgIpc) is 2.78. The van der Waals surface area contributed by atoms with E-state index >= 15 is 0 Å². The van der Waals surface area contributed by atoms with Gasteiger partial charge >= 0.3 is 0 Å². The Morgan fingerprint density at radius 3 is 2.67 bits per heavy atom. The van der Waals surface area contributed by atoms with E-state index < -0.39 is 11.0 Å². The molecule has 2 fully saturated rings. The molecule has 1 saturated carbocycles. The van der Waals surface area contributed by atoms with Crippen LogP contribution in [0.2, 0.25) is 0 Å². The third-order valence-electron chi connectivity index (χ3n) is 7.33. The first-order valence-electron chi connectivity index (χ1n) is 10.8. The Hall–Kier alpha value is -2.37. The summed E-state index contributed by atoms with van der Waals surface area (Å²) in [5.41, 5.74) is 0.601. The number of aliphatic hydroxyl groups is 1. The molecule has 5 nitrogen and oxygen atoms in total. The lowest BCUT2D eigenvalue weighted by molar-refractivity contribution is -0.127. The van der Waals surface area contributed by atoms with Gasteiger partial charge in [-0.15, -0.1) is 0 Å². The second-order valence-electron chi connectivity index (χ2n) is 9.01. The van der Waals surface area contributed by atoms with Crippen LogP contribution in [0.1, 0.15) is 41.6 Å². The smallest absolute Gasteiger partial charge is 0.253 e. The number of likely N-dealkylation sites (N-methyl/N-ethyl adjacent to an activating group) is 1. The molecule has 1 amide bonds. The van der Waals surface area contributed by atoms with Crippen molar-refractivity contribution in [1.82, 2.24) is 9.80 Å². The van der Waals surface area contributed by atoms with E-state index in [1.807, 2.05) is 54.4 Å². The van der Waals surface area contributed by atoms with Crippen molar-refractivity contribution in [2.75, 3.05) is 34.3 Å². The molecule has 1 aliphatic heterocycles. The van der Waals surface area contributed by atoms with E-state index in [0.29, 0.717) is 18.5 Å². The predicted molar refractivity (Wildman–Crippen MR) is 118 cm³/mol. The van der Waals surface area contributed by atoms with Gasteiger partial charge in [-0.2, -0.15) is 0 Å². The quantitative estimate of drug-likeness (QED) is 0.843. The Morgan fingerprint density at radius 1 is 1.17 bits per heavy atom. The molecule has 0 spiro atoms. The van der Waals surface area contributed by atoms with Crippen LogP contribution < -0.4 is 4.74 Å². The summed E-state index contributed by atoms with van der Waals surface area (Å²) in [5.74, 6) is 0.846. The largest absolute Gasteiger partial charge is 0.497 e. The summed E-state index contributed by atoms with van der Waals surface area (Å²) in [6, 6.07) is 17.7. The summed E-state index contributed by atoms with van der Waals surface area (Å²) in [5, 5.41) is 11.9. The molecule has 1 N–H and O–H groups in total. The van der Waals surface area contributed by atoms with E-state index in [9.17, 15) is 9.90 Å². The van der Waals surface area contributed by atoms with E-state index in [4.69, 9.17) is 4.74 Å². The van der Waals surface area contributed by atoms with Crippen LogP contribution in [0.5, 0.6) is 5.75 Å². The number of methoxy groups -OCH3 is 1. The first-order valence-corrected chi connectivity index (χ1v) is 10.8. The van der Waals surface area contributed by atoms with Crippen LogP contribution in [0, 0.1) is 0 Å². The van der Waals surface area contributed by atoms with Crippen LogP contribution in [0.25, 0.3) is 0 Å². The predicted octanol–water partition coefficient (Wildman–Crippen LogP) is 3.32. The Morgan fingerprint density at radius 2 is 1.93 bits per heavy atom. The molecule has 1 heterocycles. The van der Waals surface area contributed by atoms with E-state index in [1.54, 1.807) is 7.11 Å². The molecule has 1 saturated heterocycles. The number of rotatable bonds is 4. The monoisotopic (exact) mass is 408 g/mol. The number of amides is 1. The number of likely N-dealkylation sites (tertiary alicyclic amines) is 1. The van der Waals surface area contributed by atoms with Gasteiger partial charge in [-0.3, -0.25) is 4.79 Å². The van der Waals surface area contributed by atoms with Crippen LogP contribution in [-0.2, 0) is 5.41 Å². The molecule has 0 radical (unpaired) electrons. The van der Waals surface area contributed by atoms with E-state index in [0.717, 1.165) is 37.1 Å². The lowest BCUT2D eigenvalue weighted by Crippen LogP contribution is -2.66. The van der Waals surface area contributed by atoms with Gasteiger partial charge in [0, 0.05) is 30.6 Å². The molecule has 2 aromatic carbocycles. The summed E-state index contributed by atoms with van der Waals surface area (Å²) in [4.78, 5) is 17.2. The molecule has 0 bridgehead atoms. The Balaban J connectivity index is 1.69. The number of β-amino-alcohol motifs (C(OH)–C–C–N with tert-alkyl or cyclic N) is 1. The standard InChI is InChI=1S/C25H32N2O3/c1-26-15-14-24(20-10-7-11-22(16-20)30-3)17-21(12-13-25(24,29)18-26)27(2)23(28)19-8-5-4-6-9-19/h4-11,16,21,29H,12-15,17-18H2,1-3H3. The Kier molecular flexibility index (Phi) is 5.60. The molecule has 0 aromatic heterocycles. The van der Waals surface area contributed by atoms with Crippen LogP contribution in [0.3, 0.4) is 0 Å². The minimum atomic E-state index is -0.820. The Bertz CT molecular complexity index is 902. The maximum Gasteiger partial charge on any atom is 0.253 e. The molecular formula is C25H32N2O3. The zero-order chi connectivity index (χ0) is 21.4. The van der Waals surface area contributed by atoms with Crippen molar-refractivity contribution in [3.63, 3.8) is 0 Å². The van der Waals surface area contributed by atoms with Crippen molar-refractivity contribution in [2.45, 2.75) is 42.7 Å². The van der Waals surface area contributed by atoms with Gasteiger partial charge in [0.1, 0.15) is 5.75 Å². The highest BCUT2D eigenvalue weighted by Gasteiger charge is 2.57. The fourth-order valence-electron chi connectivity index (χ4n) is 5.54. The summed E-state index contributed by atoms with van der Waals surface area (Å²) in [6.45, 7) is 1.57. The minimum Gasteiger partial charge on any atom is -0.497 e. The number of fused-ring (bicyclic) bond motifs is 1. The molecule has 3 atom stereocenters. The third kappa shape index (κ3) is 3.50. The van der Waals surface area contributed by atoms with Crippen molar-refractivity contribution in [3.8, 4) is 5.75 Å². The van der Waals surface area contributed by atoms with Gasteiger partial charge in [-0.05, 0) is 69.1 Å². The minimum absolute atomic E-state index is 0.0414. The third-order valence-corrected chi connectivity index (χ3v) is 7.33. The molecular weight excluding hydrogens is 376 g/mol. The maximum atomic E-state index is 13.1. The molecule has 160 valence electrons. The molecule has 1 aliphatic carbocycles. The number of ether oxygens (including phenoxy) is 1. The highest BCUT2D eigenvalue weighted by molar-refractivity contribution is 5.94. The molecule has 5 heteroatoms. The van der Waals surface area contributed by atoms with E-state index in [1.165, 1.54) is 0 Å².